The lowest BCUT2D eigenvalue weighted by Gasteiger charge is -2.23. The van der Waals surface area contributed by atoms with E-state index in [2.05, 4.69) is 4.98 Å². The van der Waals surface area contributed by atoms with Gasteiger partial charge in [-0.05, 0) is 41.3 Å². The second kappa shape index (κ2) is 8.58. The second-order valence-corrected chi connectivity index (χ2v) is 8.29. The molecule has 2 aromatic carbocycles. The Morgan fingerprint density at radius 1 is 0.929 bits per heavy atom. The highest BCUT2D eigenvalue weighted by molar-refractivity contribution is 7.89. The van der Waals surface area contributed by atoms with Gasteiger partial charge < -0.3 is 0 Å². The van der Waals surface area contributed by atoms with Crippen LogP contribution in [0.4, 0.5) is 8.78 Å². The fourth-order valence-electron chi connectivity index (χ4n) is 2.83. The lowest BCUT2D eigenvalue weighted by atomic mass is 10.1. The second-order valence-electron chi connectivity index (χ2n) is 6.38. The molecular weight excluding hydrogens is 382 g/mol. The first-order valence-electron chi connectivity index (χ1n) is 8.82. The van der Waals surface area contributed by atoms with E-state index in [9.17, 15) is 17.2 Å². The van der Waals surface area contributed by atoms with Crippen LogP contribution in [0.3, 0.4) is 0 Å². The molecule has 146 valence electrons. The van der Waals surface area contributed by atoms with Gasteiger partial charge in [0, 0.05) is 31.5 Å². The summed E-state index contributed by atoms with van der Waals surface area (Å²) < 4.78 is 54.9. The highest BCUT2D eigenvalue weighted by atomic mass is 32.2. The molecule has 0 spiro atoms. The fourth-order valence-corrected chi connectivity index (χ4v) is 4.29. The lowest BCUT2D eigenvalue weighted by Crippen LogP contribution is -2.31. The van der Waals surface area contributed by atoms with Crippen molar-refractivity contribution < 1.29 is 17.2 Å². The quantitative estimate of drug-likeness (QED) is 0.592. The van der Waals surface area contributed by atoms with Gasteiger partial charge in [0.25, 0.3) is 0 Å². The number of hydrogen-bond acceptors (Lipinski definition) is 3. The topological polar surface area (TPSA) is 50.3 Å². The van der Waals surface area contributed by atoms with Crippen molar-refractivity contribution in [2.24, 2.45) is 0 Å². The molecule has 7 heteroatoms. The summed E-state index contributed by atoms with van der Waals surface area (Å²) in [5.74, 6) is -1.94. The maximum atomic E-state index is 14.2. The first-order chi connectivity index (χ1) is 13.4. The van der Waals surface area contributed by atoms with Crippen LogP contribution < -0.4 is 0 Å². The fraction of sp³-hybridized carbons (Fsp3) is 0.190. The van der Waals surface area contributed by atoms with Crippen molar-refractivity contribution in [3.05, 3.63) is 95.3 Å². The number of halogens is 2. The van der Waals surface area contributed by atoms with Crippen molar-refractivity contribution in [2.75, 3.05) is 0 Å². The molecule has 0 aliphatic heterocycles. The Labute approximate surface area is 163 Å². The number of pyridine rings is 1. The van der Waals surface area contributed by atoms with Gasteiger partial charge in [0.2, 0.25) is 10.0 Å². The van der Waals surface area contributed by atoms with Crippen LogP contribution in [0, 0.1) is 11.6 Å². The normalized spacial score (nSPS) is 11.7. The molecule has 3 aromatic rings. The monoisotopic (exact) mass is 402 g/mol. The Hall–Kier alpha value is -2.64. The minimum absolute atomic E-state index is 0.0164. The molecule has 0 radical (unpaired) electrons. The van der Waals surface area contributed by atoms with E-state index in [1.807, 2.05) is 31.2 Å². The van der Waals surface area contributed by atoms with Gasteiger partial charge >= 0.3 is 0 Å². The van der Waals surface area contributed by atoms with Crippen molar-refractivity contribution in [3.63, 3.8) is 0 Å². The van der Waals surface area contributed by atoms with E-state index in [1.165, 1.54) is 4.31 Å². The summed E-state index contributed by atoms with van der Waals surface area (Å²) in [5, 5.41) is 0. The first-order valence-corrected chi connectivity index (χ1v) is 10.3. The molecule has 0 unspecified atom stereocenters. The van der Waals surface area contributed by atoms with E-state index in [-0.39, 0.29) is 13.1 Å². The first kappa shape index (κ1) is 20.1. The van der Waals surface area contributed by atoms with Gasteiger partial charge in [-0.2, -0.15) is 4.31 Å². The van der Waals surface area contributed by atoms with E-state index < -0.39 is 26.6 Å². The third-order valence-corrected chi connectivity index (χ3v) is 6.21. The molecule has 0 amide bonds. The number of sulfonamides is 1. The third kappa shape index (κ3) is 4.61. The van der Waals surface area contributed by atoms with Gasteiger partial charge in [-0.1, -0.05) is 37.3 Å². The molecule has 0 N–H and O–H groups in total. The van der Waals surface area contributed by atoms with Gasteiger partial charge in [0.05, 0.1) is 0 Å². The van der Waals surface area contributed by atoms with Crippen LogP contribution in [-0.2, 0) is 29.5 Å². The predicted molar refractivity (Wildman–Crippen MR) is 103 cm³/mol. The number of hydrogen-bond donors (Lipinski definition) is 0. The van der Waals surface area contributed by atoms with Gasteiger partial charge in [0.1, 0.15) is 16.5 Å². The Kier molecular flexibility index (Phi) is 6.16. The van der Waals surface area contributed by atoms with E-state index in [0.717, 1.165) is 29.7 Å². The Bertz CT molecular complexity index is 1040. The zero-order valence-corrected chi connectivity index (χ0v) is 16.2. The van der Waals surface area contributed by atoms with Crippen LogP contribution in [0.15, 0.2) is 71.9 Å². The predicted octanol–water partition coefficient (Wildman–Crippen LogP) is 4.31. The van der Waals surface area contributed by atoms with Crippen molar-refractivity contribution in [3.8, 4) is 0 Å². The van der Waals surface area contributed by atoms with Crippen LogP contribution in [0.5, 0.6) is 0 Å². The number of rotatable bonds is 7. The molecular formula is C21H20F2N2O2S. The molecule has 0 bridgehead atoms. The van der Waals surface area contributed by atoms with Gasteiger partial charge in [-0.25, -0.2) is 17.2 Å². The van der Waals surface area contributed by atoms with Gasteiger partial charge in [-0.3, -0.25) is 4.98 Å². The summed E-state index contributed by atoms with van der Waals surface area (Å²) in [7, 11) is -4.20. The summed E-state index contributed by atoms with van der Waals surface area (Å²) in [6.45, 7) is 2.10. The van der Waals surface area contributed by atoms with E-state index >= 15 is 0 Å². The summed E-state index contributed by atoms with van der Waals surface area (Å²) in [6, 6.07) is 13.5. The zero-order valence-electron chi connectivity index (χ0n) is 15.3. The number of nitrogens with zero attached hydrogens (tertiary/aromatic N) is 2. The number of aryl methyl sites for hydroxylation is 1. The molecule has 0 atom stereocenters. The highest BCUT2D eigenvalue weighted by Crippen LogP contribution is 2.24. The molecule has 28 heavy (non-hydrogen) atoms. The van der Waals surface area contributed by atoms with Crippen LogP contribution in [0.25, 0.3) is 0 Å². The summed E-state index contributed by atoms with van der Waals surface area (Å²) >= 11 is 0. The number of benzene rings is 2. The molecule has 0 aliphatic carbocycles. The molecule has 1 heterocycles. The molecule has 0 aliphatic rings. The standard InChI is InChI=1S/C21H20F2N2O2S/c1-2-16-5-7-17(8-6-16)14-25(15-18-4-3-11-24-13-18)28(26,27)21-10-9-19(22)12-20(21)23/h3-13H,2,14-15H2,1H3. The largest absolute Gasteiger partial charge is 0.264 e. The molecule has 0 saturated carbocycles. The minimum atomic E-state index is -4.20. The van der Waals surface area contributed by atoms with Crippen LogP contribution >= 0.6 is 0 Å². The Morgan fingerprint density at radius 2 is 1.61 bits per heavy atom. The van der Waals surface area contributed by atoms with Crippen molar-refractivity contribution in [1.29, 1.82) is 0 Å². The highest BCUT2D eigenvalue weighted by Gasteiger charge is 2.28. The summed E-state index contributed by atoms with van der Waals surface area (Å²) in [5.41, 5.74) is 2.57. The van der Waals surface area contributed by atoms with Crippen LogP contribution in [0.2, 0.25) is 0 Å². The molecule has 3 rings (SSSR count). The average Bonchev–Trinajstić information content (AvgIpc) is 2.68. The Balaban J connectivity index is 1.98. The smallest absolute Gasteiger partial charge is 0.246 e. The van der Waals surface area contributed by atoms with Crippen LogP contribution in [0.1, 0.15) is 23.6 Å². The molecule has 0 fully saturated rings. The van der Waals surface area contributed by atoms with E-state index in [0.29, 0.717) is 11.6 Å². The lowest BCUT2D eigenvalue weighted by molar-refractivity contribution is 0.397. The summed E-state index contributed by atoms with van der Waals surface area (Å²) in [6.07, 6.45) is 4.02. The minimum Gasteiger partial charge on any atom is -0.264 e. The SMILES string of the molecule is CCc1ccc(CN(Cc2cccnc2)S(=O)(=O)c2ccc(F)cc2F)cc1. The maximum absolute atomic E-state index is 14.2. The number of aromatic nitrogens is 1. The molecule has 0 saturated heterocycles. The van der Waals surface area contributed by atoms with Gasteiger partial charge in [-0.15, -0.1) is 0 Å². The van der Waals surface area contributed by atoms with Crippen molar-refractivity contribution >= 4 is 10.0 Å². The molecule has 4 nitrogen and oxygen atoms in total. The van der Waals surface area contributed by atoms with E-state index in [1.54, 1.807) is 24.5 Å². The van der Waals surface area contributed by atoms with Crippen LogP contribution in [-0.4, -0.2) is 17.7 Å². The third-order valence-electron chi connectivity index (χ3n) is 4.38. The summed E-state index contributed by atoms with van der Waals surface area (Å²) in [4.78, 5) is 3.45. The van der Waals surface area contributed by atoms with E-state index in [4.69, 9.17) is 0 Å². The maximum Gasteiger partial charge on any atom is 0.246 e. The van der Waals surface area contributed by atoms with Crippen molar-refractivity contribution in [1.82, 2.24) is 9.29 Å². The zero-order chi connectivity index (χ0) is 20.1. The van der Waals surface area contributed by atoms with Gasteiger partial charge in [0.15, 0.2) is 0 Å². The Morgan fingerprint density at radius 3 is 2.21 bits per heavy atom. The molecule has 1 aromatic heterocycles. The average molecular weight is 402 g/mol. The van der Waals surface area contributed by atoms with Crippen molar-refractivity contribution in [2.45, 2.75) is 31.3 Å².